The molecule has 1 spiro atoms. The number of benzene rings is 1. The topological polar surface area (TPSA) is 81.0 Å². The average molecular weight is 532 g/mol. The number of anilines is 1. The molecule has 196 valence electrons. The predicted molar refractivity (Wildman–Crippen MR) is 138 cm³/mol. The number of thiocarbonyl (C=S) groups is 1. The van der Waals surface area contributed by atoms with Crippen LogP contribution >= 0.6 is 12.2 Å². The maximum absolute atomic E-state index is 13.7. The van der Waals surface area contributed by atoms with Crippen LogP contribution in [0.2, 0.25) is 0 Å². The number of nitrogens with zero attached hydrogens (tertiary/aromatic N) is 4. The highest BCUT2D eigenvalue weighted by Crippen LogP contribution is 2.48. The smallest absolute Gasteiger partial charge is 0.419 e. The number of nitriles is 1. The van der Waals surface area contributed by atoms with Crippen molar-refractivity contribution in [1.29, 1.82) is 5.26 Å². The molecule has 2 aliphatic heterocycles. The van der Waals surface area contributed by atoms with E-state index in [0.717, 1.165) is 49.7 Å². The Kier molecular flexibility index (Phi) is 7.71. The highest BCUT2D eigenvalue weighted by molar-refractivity contribution is 7.80. The number of allylic oxidation sites excluding steroid dienone is 4. The summed E-state index contributed by atoms with van der Waals surface area (Å²) in [4.78, 5) is 19.6. The first kappa shape index (κ1) is 26.8. The van der Waals surface area contributed by atoms with E-state index in [1.165, 1.54) is 13.0 Å². The number of ether oxygens (including phenoxy) is 1. The number of alkyl halides is 3. The number of halogens is 3. The number of carbonyl (C=O) groups is 1. The molecule has 0 radical (unpaired) electrons. The fraction of sp³-hybridized carbons (Fsp3) is 0.462. The first-order valence-electron chi connectivity index (χ1n) is 12.1. The second-order valence-electron chi connectivity index (χ2n) is 9.37. The minimum Gasteiger partial charge on any atom is -0.490 e. The Hall–Kier alpha value is -3.23. The van der Waals surface area contributed by atoms with Gasteiger partial charge >= 0.3 is 6.18 Å². The van der Waals surface area contributed by atoms with Crippen molar-refractivity contribution >= 4 is 35.6 Å². The van der Waals surface area contributed by atoms with Crippen molar-refractivity contribution in [3.63, 3.8) is 0 Å². The number of carbonyl (C=O) groups excluding carboxylic acids is 1. The van der Waals surface area contributed by atoms with Crippen LogP contribution in [0.1, 0.15) is 45.4 Å². The first-order chi connectivity index (χ1) is 17.6. The fourth-order valence-corrected chi connectivity index (χ4v) is 5.51. The van der Waals surface area contributed by atoms with E-state index in [9.17, 15) is 18.0 Å². The van der Waals surface area contributed by atoms with Gasteiger partial charge in [0.15, 0.2) is 10.8 Å². The number of aliphatic imine (C=N–C) groups is 1. The molecule has 0 aromatic heterocycles. The van der Waals surface area contributed by atoms with Gasteiger partial charge < -0.3 is 15.0 Å². The van der Waals surface area contributed by atoms with Crippen LogP contribution in [0.4, 0.5) is 18.9 Å². The normalized spacial score (nSPS) is 22.8. The molecule has 4 rings (SSSR count). The number of nitrogens with one attached hydrogen (secondary N) is 1. The number of hydrogen-bond acceptors (Lipinski definition) is 6. The van der Waals surface area contributed by atoms with Gasteiger partial charge in [0.1, 0.15) is 17.4 Å². The van der Waals surface area contributed by atoms with Crippen molar-refractivity contribution in [3.8, 4) is 11.8 Å². The molecular formula is C26H28F3N5O2S. The predicted octanol–water partition coefficient (Wildman–Crippen LogP) is 5.01. The molecule has 3 fully saturated rings. The molecule has 1 saturated carbocycles. The Morgan fingerprint density at radius 3 is 2.54 bits per heavy atom. The molecule has 2 saturated heterocycles. The SMILES string of the molecule is C=N/C(C#N)=C(\C=C(/C)N1C(=O)C2(CCC2)N(c2ccc(OC3CCCNCC3)cc2)C1=S)C(F)(F)F. The third-order valence-electron chi connectivity index (χ3n) is 7.04. The van der Waals surface area contributed by atoms with Crippen LogP contribution in [-0.2, 0) is 4.79 Å². The van der Waals surface area contributed by atoms with Gasteiger partial charge in [-0.25, -0.2) is 0 Å². The number of hydrogen-bond donors (Lipinski definition) is 1. The van der Waals surface area contributed by atoms with Gasteiger partial charge in [-0.05, 0) is 108 Å². The van der Waals surface area contributed by atoms with Crippen LogP contribution in [0.15, 0.2) is 52.3 Å². The van der Waals surface area contributed by atoms with E-state index < -0.39 is 23.0 Å². The van der Waals surface area contributed by atoms with Crippen molar-refractivity contribution in [2.45, 2.75) is 63.3 Å². The number of amides is 1. The first-order valence-corrected chi connectivity index (χ1v) is 12.6. The Labute approximate surface area is 219 Å². The quantitative estimate of drug-likeness (QED) is 0.241. The van der Waals surface area contributed by atoms with Crippen LogP contribution in [0, 0.1) is 11.3 Å². The molecule has 7 nitrogen and oxygen atoms in total. The van der Waals surface area contributed by atoms with Crippen molar-refractivity contribution < 1.29 is 22.7 Å². The molecule has 2 heterocycles. The van der Waals surface area contributed by atoms with E-state index in [4.69, 9.17) is 22.2 Å². The molecule has 1 N–H and O–H groups in total. The van der Waals surface area contributed by atoms with Crippen molar-refractivity contribution in [2.75, 3.05) is 18.0 Å². The van der Waals surface area contributed by atoms with Gasteiger partial charge in [0, 0.05) is 11.4 Å². The summed E-state index contributed by atoms with van der Waals surface area (Å²) in [6, 6.07) is 8.72. The summed E-state index contributed by atoms with van der Waals surface area (Å²) in [5.41, 5.74) is -2.48. The minimum atomic E-state index is -4.87. The lowest BCUT2D eigenvalue weighted by atomic mass is 9.75. The molecule has 1 amide bonds. The third kappa shape index (κ3) is 5.13. The lowest BCUT2D eigenvalue weighted by Gasteiger charge is -2.43. The molecule has 37 heavy (non-hydrogen) atoms. The monoisotopic (exact) mass is 531 g/mol. The van der Waals surface area contributed by atoms with Gasteiger partial charge in [0.2, 0.25) is 0 Å². The molecule has 1 aliphatic carbocycles. The highest BCUT2D eigenvalue weighted by Gasteiger charge is 2.59. The largest absolute Gasteiger partial charge is 0.490 e. The lowest BCUT2D eigenvalue weighted by Crippen LogP contribution is -2.55. The lowest BCUT2D eigenvalue weighted by molar-refractivity contribution is -0.131. The van der Waals surface area contributed by atoms with E-state index >= 15 is 0 Å². The van der Waals surface area contributed by atoms with E-state index in [2.05, 4.69) is 17.0 Å². The maximum atomic E-state index is 13.7. The summed E-state index contributed by atoms with van der Waals surface area (Å²) in [5.74, 6) is 0.332. The van der Waals surface area contributed by atoms with Crippen molar-refractivity contribution in [2.24, 2.45) is 4.99 Å². The van der Waals surface area contributed by atoms with Crippen molar-refractivity contribution in [1.82, 2.24) is 10.2 Å². The van der Waals surface area contributed by atoms with Gasteiger partial charge in [0.25, 0.3) is 5.91 Å². The van der Waals surface area contributed by atoms with Gasteiger partial charge in [0.05, 0.1) is 11.7 Å². The second kappa shape index (κ2) is 10.6. The molecule has 1 unspecified atom stereocenters. The van der Waals surface area contributed by atoms with Gasteiger partial charge in [-0.2, -0.15) is 18.4 Å². The summed E-state index contributed by atoms with van der Waals surface area (Å²) in [5, 5.41) is 12.5. The summed E-state index contributed by atoms with van der Waals surface area (Å²) in [6.45, 7) is 6.31. The zero-order chi connectivity index (χ0) is 26.8. The zero-order valence-electron chi connectivity index (χ0n) is 20.5. The standard InChI is InChI=1S/C26H28F3N5O2S/c1-17(15-21(26(27,28)29)22(16-30)31-2)33-23(35)25(11-4-12-25)34(24(33)37)18-6-8-20(9-7-18)36-19-5-3-13-32-14-10-19/h6-9,15,19,32H,2-5,10-14H2,1H3/b17-15+,22-21+. The Morgan fingerprint density at radius 1 is 1.27 bits per heavy atom. The molecule has 11 heteroatoms. The second-order valence-corrected chi connectivity index (χ2v) is 9.74. The summed E-state index contributed by atoms with van der Waals surface area (Å²) >= 11 is 5.65. The van der Waals surface area contributed by atoms with Gasteiger partial charge in [-0.3, -0.25) is 14.7 Å². The molecule has 0 bridgehead atoms. The minimum absolute atomic E-state index is 0.0468. The Balaban J connectivity index is 1.63. The van der Waals surface area contributed by atoms with Crippen LogP contribution < -0.4 is 15.0 Å². The summed E-state index contributed by atoms with van der Waals surface area (Å²) in [6.07, 6.45) is 0.765. The number of rotatable bonds is 6. The molecule has 1 aromatic rings. The van der Waals surface area contributed by atoms with E-state index in [-0.39, 0.29) is 22.8 Å². The average Bonchev–Trinajstić information content (AvgIpc) is 2.96. The van der Waals surface area contributed by atoms with Crippen LogP contribution in [0.5, 0.6) is 5.75 Å². The summed E-state index contributed by atoms with van der Waals surface area (Å²) < 4.78 is 47.2. The van der Waals surface area contributed by atoms with Gasteiger partial charge in [-0.1, -0.05) is 0 Å². The highest BCUT2D eigenvalue weighted by atomic mass is 32.1. The Morgan fingerprint density at radius 2 is 1.97 bits per heavy atom. The van der Waals surface area contributed by atoms with Crippen LogP contribution in [0.3, 0.4) is 0 Å². The third-order valence-corrected chi connectivity index (χ3v) is 7.41. The molecule has 1 aromatic carbocycles. The van der Waals surface area contributed by atoms with E-state index in [1.807, 2.05) is 24.3 Å². The van der Waals surface area contributed by atoms with Crippen LogP contribution in [0.25, 0.3) is 0 Å². The zero-order valence-corrected chi connectivity index (χ0v) is 21.3. The fourth-order valence-electron chi connectivity index (χ4n) is 5.00. The van der Waals surface area contributed by atoms with Gasteiger partial charge in [-0.15, -0.1) is 0 Å². The van der Waals surface area contributed by atoms with E-state index in [0.29, 0.717) is 24.3 Å². The Bertz CT molecular complexity index is 1170. The van der Waals surface area contributed by atoms with Crippen LogP contribution in [-0.4, -0.2) is 53.5 Å². The summed E-state index contributed by atoms with van der Waals surface area (Å²) in [7, 11) is 0. The maximum Gasteiger partial charge on any atom is 0.419 e. The van der Waals surface area contributed by atoms with Crippen molar-refractivity contribution in [3.05, 3.63) is 47.3 Å². The molecule has 1 atom stereocenters. The van der Waals surface area contributed by atoms with E-state index in [1.54, 1.807) is 4.90 Å². The molecule has 3 aliphatic rings. The molecular weight excluding hydrogens is 503 g/mol.